The highest BCUT2D eigenvalue weighted by Crippen LogP contribution is 2.38. The molecule has 136 valence electrons. The van der Waals surface area contributed by atoms with Gasteiger partial charge in [-0.15, -0.1) is 11.3 Å². The molecule has 0 bridgehead atoms. The monoisotopic (exact) mass is 378 g/mol. The van der Waals surface area contributed by atoms with Gasteiger partial charge in [-0.05, 0) is 55.5 Å². The van der Waals surface area contributed by atoms with Crippen LogP contribution >= 0.6 is 11.3 Å². The lowest BCUT2D eigenvalue weighted by Gasteiger charge is -2.13. The molecule has 0 fully saturated rings. The third-order valence-electron chi connectivity index (χ3n) is 4.47. The van der Waals surface area contributed by atoms with E-state index in [0.29, 0.717) is 21.8 Å². The Kier molecular flexibility index (Phi) is 4.93. The van der Waals surface area contributed by atoms with Gasteiger partial charge < -0.3 is 10.6 Å². The number of nitrogens with one attached hydrogen (secondary N) is 2. The second-order valence-corrected chi connectivity index (χ2v) is 7.41. The highest BCUT2D eigenvalue weighted by atomic mass is 32.1. The molecule has 0 radical (unpaired) electrons. The molecule has 1 aliphatic carbocycles. The molecule has 1 aliphatic rings. The molecule has 2 N–H and O–H groups in total. The summed E-state index contributed by atoms with van der Waals surface area (Å²) in [6.07, 6.45) is 10.3. The van der Waals surface area contributed by atoms with Gasteiger partial charge in [0, 0.05) is 23.5 Å². The number of carbonyl (C=O) groups excluding carboxylic acids is 2. The maximum Gasteiger partial charge on any atom is 0.259 e. The van der Waals surface area contributed by atoms with Crippen molar-refractivity contribution in [3.8, 4) is 0 Å². The molecule has 0 aliphatic heterocycles. The predicted molar refractivity (Wildman–Crippen MR) is 105 cm³/mol. The summed E-state index contributed by atoms with van der Waals surface area (Å²) in [6, 6.07) is 6.97. The number of aryl methyl sites for hydroxylation is 1. The van der Waals surface area contributed by atoms with Gasteiger partial charge in [0.05, 0.1) is 23.0 Å². The number of rotatable bonds is 4. The minimum atomic E-state index is -0.267. The number of anilines is 2. The molecular weight excluding hydrogens is 360 g/mol. The molecule has 0 spiro atoms. The number of hydrogen-bond donors (Lipinski definition) is 2. The zero-order valence-corrected chi connectivity index (χ0v) is 15.4. The van der Waals surface area contributed by atoms with Crippen LogP contribution in [0.2, 0.25) is 0 Å². The average Bonchev–Trinajstić information content (AvgIpc) is 3.07. The van der Waals surface area contributed by atoms with Gasteiger partial charge in [0.15, 0.2) is 0 Å². The van der Waals surface area contributed by atoms with Gasteiger partial charge in [0.1, 0.15) is 5.00 Å². The van der Waals surface area contributed by atoms with Crippen LogP contribution in [0.4, 0.5) is 10.7 Å². The van der Waals surface area contributed by atoms with Crippen molar-refractivity contribution in [2.75, 3.05) is 10.6 Å². The summed E-state index contributed by atoms with van der Waals surface area (Å²) in [5, 5.41) is 6.40. The highest BCUT2D eigenvalue weighted by molar-refractivity contribution is 7.17. The first kappa shape index (κ1) is 17.4. The summed E-state index contributed by atoms with van der Waals surface area (Å²) < 4.78 is 0. The standard InChI is InChI=1S/C20H18N4O2S/c25-18(13-5-3-9-21-11-13)24-20-17(15-7-1-2-8-16(15)27-20)19(26)23-14-6-4-10-22-12-14/h3-6,9-12H,1-2,7-8H2,(H,23,26)(H,24,25). The van der Waals surface area contributed by atoms with Gasteiger partial charge in [0.25, 0.3) is 11.8 Å². The number of amides is 2. The van der Waals surface area contributed by atoms with Crippen LogP contribution in [-0.2, 0) is 12.8 Å². The van der Waals surface area contributed by atoms with Gasteiger partial charge in [-0.1, -0.05) is 0 Å². The van der Waals surface area contributed by atoms with Crippen LogP contribution in [0.15, 0.2) is 49.1 Å². The number of hydrogen-bond acceptors (Lipinski definition) is 5. The fourth-order valence-electron chi connectivity index (χ4n) is 3.20. The third kappa shape index (κ3) is 3.73. The number of pyridine rings is 2. The van der Waals surface area contributed by atoms with Crippen LogP contribution in [0.25, 0.3) is 0 Å². The van der Waals surface area contributed by atoms with E-state index in [0.717, 1.165) is 31.2 Å². The Morgan fingerprint density at radius 1 is 0.926 bits per heavy atom. The molecule has 0 saturated carbocycles. The van der Waals surface area contributed by atoms with Gasteiger partial charge >= 0.3 is 0 Å². The van der Waals surface area contributed by atoms with E-state index in [2.05, 4.69) is 20.6 Å². The number of carbonyl (C=O) groups is 2. The normalized spacial score (nSPS) is 12.9. The molecule has 27 heavy (non-hydrogen) atoms. The largest absolute Gasteiger partial charge is 0.320 e. The molecule has 6 nitrogen and oxygen atoms in total. The minimum Gasteiger partial charge on any atom is -0.320 e. The van der Waals surface area contributed by atoms with Crippen molar-refractivity contribution in [3.05, 3.63) is 70.6 Å². The summed E-state index contributed by atoms with van der Waals surface area (Å²) in [5.74, 6) is -0.485. The van der Waals surface area contributed by atoms with Crippen molar-refractivity contribution < 1.29 is 9.59 Å². The Balaban J connectivity index is 1.66. The molecule has 2 amide bonds. The highest BCUT2D eigenvalue weighted by Gasteiger charge is 2.26. The Hall–Kier alpha value is -3.06. The van der Waals surface area contributed by atoms with Crippen LogP contribution in [-0.4, -0.2) is 21.8 Å². The van der Waals surface area contributed by atoms with Crippen molar-refractivity contribution in [1.82, 2.24) is 9.97 Å². The van der Waals surface area contributed by atoms with Gasteiger partial charge in [-0.3, -0.25) is 19.6 Å². The summed E-state index contributed by atoms with van der Waals surface area (Å²) in [5.41, 5.74) is 2.70. The van der Waals surface area contributed by atoms with Gasteiger partial charge in [-0.2, -0.15) is 0 Å². The van der Waals surface area contributed by atoms with Crippen LogP contribution in [0.1, 0.15) is 44.0 Å². The van der Waals surface area contributed by atoms with Crippen LogP contribution in [0, 0.1) is 0 Å². The first-order valence-corrected chi connectivity index (χ1v) is 9.61. The number of nitrogens with zero attached hydrogens (tertiary/aromatic N) is 2. The lowest BCUT2D eigenvalue weighted by atomic mass is 9.95. The van der Waals surface area contributed by atoms with E-state index in [9.17, 15) is 9.59 Å². The lowest BCUT2D eigenvalue weighted by molar-refractivity contribution is 0.102. The van der Waals surface area contributed by atoms with E-state index in [1.807, 2.05) is 0 Å². The molecule has 7 heteroatoms. The van der Waals surface area contributed by atoms with Crippen LogP contribution in [0.3, 0.4) is 0 Å². The lowest BCUT2D eigenvalue weighted by Crippen LogP contribution is -2.18. The summed E-state index contributed by atoms with van der Waals surface area (Å²) >= 11 is 1.50. The van der Waals surface area contributed by atoms with Crippen molar-refractivity contribution in [1.29, 1.82) is 0 Å². The van der Waals surface area contributed by atoms with Gasteiger partial charge in [-0.25, -0.2) is 0 Å². The molecule has 4 rings (SSSR count). The topological polar surface area (TPSA) is 84.0 Å². The molecule has 0 unspecified atom stereocenters. The third-order valence-corrected chi connectivity index (χ3v) is 5.68. The Morgan fingerprint density at radius 3 is 2.44 bits per heavy atom. The van der Waals surface area contributed by atoms with E-state index < -0.39 is 0 Å². The number of thiophene rings is 1. The summed E-state index contributed by atoms with van der Waals surface area (Å²) in [6.45, 7) is 0. The molecule has 0 atom stereocenters. The van der Waals surface area contributed by atoms with Crippen molar-refractivity contribution >= 4 is 33.8 Å². The first-order chi connectivity index (χ1) is 13.2. The first-order valence-electron chi connectivity index (χ1n) is 8.79. The Morgan fingerprint density at radius 2 is 1.70 bits per heavy atom. The SMILES string of the molecule is O=C(Nc1sc2c(c1C(=O)Nc1cccnc1)CCCC2)c1cccnc1. The predicted octanol–water partition coefficient (Wildman–Crippen LogP) is 3.92. The van der Waals surface area contributed by atoms with E-state index in [1.165, 1.54) is 22.4 Å². The molecule has 3 aromatic rings. The van der Waals surface area contributed by atoms with Crippen molar-refractivity contribution in [2.24, 2.45) is 0 Å². The second-order valence-electron chi connectivity index (χ2n) is 6.31. The molecule has 3 aromatic heterocycles. The van der Waals surface area contributed by atoms with E-state index in [-0.39, 0.29) is 11.8 Å². The van der Waals surface area contributed by atoms with Crippen molar-refractivity contribution in [3.63, 3.8) is 0 Å². The zero-order valence-electron chi connectivity index (χ0n) is 14.6. The Labute approximate surface area is 160 Å². The fourth-order valence-corrected chi connectivity index (χ4v) is 4.48. The quantitative estimate of drug-likeness (QED) is 0.721. The average molecular weight is 378 g/mol. The smallest absolute Gasteiger partial charge is 0.259 e. The summed E-state index contributed by atoms with van der Waals surface area (Å²) in [4.78, 5) is 34.8. The number of fused-ring (bicyclic) bond motifs is 1. The van der Waals surface area contributed by atoms with E-state index in [4.69, 9.17) is 0 Å². The van der Waals surface area contributed by atoms with Gasteiger partial charge in [0.2, 0.25) is 0 Å². The van der Waals surface area contributed by atoms with E-state index in [1.54, 1.807) is 42.9 Å². The minimum absolute atomic E-state index is 0.219. The van der Waals surface area contributed by atoms with Crippen LogP contribution in [0.5, 0.6) is 0 Å². The maximum atomic E-state index is 13.0. The zero-order chi connectivity index (χ0) is 18.6. The number of aromatic nitrogens is 2. The maximum absolute atomic E-state index is 13.0. The van der Waals surface area contributed by atoms with Crippen LogP contribution < -0.4 is 10.6 Å². The Bertz CT molecular complexity index is 970. The molecule has 0 aromatic carbocycles. The summed E-state index contributed by atoms with van der Waals surface area (Å²) in [7, 11) is 0. The van der Waals surface area contributed by atoms with Crippen molar-refractivity contribution in [2.45, 2.75) is 25.7 Å². The second kappa shape index (κ2) is 7.67. The molecule has 0 saturated heterocycles. The fraction of sp³-hybridized carbons (Fsp3) is 0.200. The molecule has 3 heterocycles. The van der Waals surface area contributed by atoms with E-state index >= 15 is 0 Å². The molecular formula is C20H18N4O2S.